The fraction of sp³-hybridized carbons (Fsp3) is 0.923. The summed E-state index contributed by atoms with van der Waals surface area (Å²) < 4.78 is 0. The number of hydrogen-bond acceptors (Lipinski definition) is 3. The highest BCUT2D eigenvalue weighted by atomic mass is 16.2. The molecule has 1 fully saturated rings. The van der Waals surface area contributed by atoms with Gasteiger partial charge in [-0.05, 0) is 31.7 Å². The molecule has 2 N–H and O–H groups in total. The Kier molecular flexibility index (Phi) is 5.92. The summed E-state index contributed by atoms with van der Waals surface area (Å²) in [5.74, 6) is 0.727. The Hall–Kier alpha value is -0.610. The Labute approximate surface area is 105 Å². The highest BCUT2D eigenvalue weighted by molar-refractivity contribution is 5.81. The molecule has 1 rings (SSSR count). The number of nitrogens with zero attached hydrogens (tertiary/aromatic N) is 1. The van der Waals surface area contributed by atoms with E-state index in [1.54, 1.807) is 4.90 Å². The third kappa shape index (κ3) is 5.04. The van der Waals surface area contributed by atoms with E-state index in [2.05, 4.69) is 24.5 Å². The van der Waals surface area contributed by atoms with Crippen LogP contribution in [0.15, 0.2) is 0 Å². The van der Waals surface area contributed by atoms with Gasteiger partial charge >= 0.3 is 0 Å². The monoisotopic (exact) mass is 241 g/mol. The maximum absolute atomic E-state index is 12.0. The van der Waals surface area contributed by atoms with Gasteiger partial charge in [-0.3, -0.25) is 4.79 Å². The van der Waals surface area contributed by atoms with Crippen molar-refractivity contribution in [3.63, 3.8) is 0 Å². The molecule has 1 aliphatic heterocycles. The first-order chi connectivity index (χ1) is 8.00. The average molecular weight is 241 g/mol. The molecule has 2 atom stereocenters. The summed E-state index contributed by atoms with van der Waals surface area (Å²) in [5, 5.41) is 6.87. The zero-order valence-corrected chi connectivity index (χ0v) is 11.6. The van der Waals surface area contributed by atoms with Gasteiger partial charge in [0.15, 0.2) is 0 Å². The van der Waals surface area contributed by atoms with Crippen LogP contribution in [0.1, 0.15) is 33.1 Å². The summed E-state index contributed by atoms with van der Waals surface area (Å²) >= 11 is 0. The van der Waals surface area contributed by atoms with Gasteiger partial charge in [-0.1, -0.05) is 13.8 Å². The third-order valence-corrected chi connectivity index (χ3v) is 3.22. The van der Waals surface area contributed by atoms with Crippen LogP contribution in [0.25, 0.3) is 0 Å². The second-order valence-corrected chi connectivity index (χ2v) is 5.62. The van der Waals surface area contributed by atoms with Gasteiger partial charge in [0.25, 0.3) is 0 Å². The topological polar surface area (TPSA) is 44.4 Å². The Morgan fingerprint density at radius 1 is 1.47 bits per heavy atom. The number of hydrogen-bond donors (Lipinski definition) is 2. The van der Waals surface area contributed by atoms with Gasteiger partial charge < -0.3 is 15.5 Å². The largest absolute Gasteiger partial charge is 0.347 e. The summed E-state index contributed by atoms with van der Waals surface area (Å²) in [4.78, 5) is 13.7. The molecule has 4 heteroatoms. The number of likely N-dealkylation sites (N-methyl/N-ethyl adjacent to an activating group) is 1. The normalized spacial score (nSPS) is 21.8. The van der Waals surface area contributed by atoms with Crippen molar-refractivity contribution in [2.45, 2.75) is 45.2 Å². The van der Waals surface area contributed by atoms with Crippen molar-refractivity contribution in [1.82, 2.24) is 15.5 Å². The molecule has 1 amide bonds. The van der Waals surface area contributed by atoms with E-state index >= 15 is 0 Å². The molecule has 0 radical (unpaired) electrons. The van der Waals surface area contributed by atoms with Crippen LogP contribution >= 0.6 is 0 Å². The first kappa shape index (κ1) is 14.5. The van der Waals surface area contributed by atoms with Gasteiger partial charge in [0.2, 0.25) is 5.91 Å². The van der Waals surface area contributed by atoms with Gasteiger partial charge in [-0.25, -0.2) is 0 Å². The quantitative estimate of drug-likeness (QED) is 0.724. The van der Waals surface area contributed by atoms with Crippen LogP contribution in [0.2, 0.25) is 0 Å². The number of carbonyl (C=O) groups excluding carboxylic acids is 1. The molecule has 2 unspecified atom stereocenters. The van der Waals surface area contributed by atoms with Crippen LogP contribution in [0.4, 0.5) is 0 Å². The van der Waals surface area contributed by atoms with Gasteiger partial charge in [-0.2, -0.15) is 0 Å². The predicted octanol–water partition coefficient (Wildman–Crippen LogP) is 0.831. The molecular formula is C13H27N3O. The van der Waals surface area contributed by atoms with Gasteiger partial charge in [0, 0.05) is 26.7 Å². The van der Waals surface area contributed by atoms with E-state index in [1.165, 1.54) is 12.8 Å². The summed E-state index contributed by atoms with van der Waals surface area (Å²) in [6, 6.07) is 0.507. The van der Waals surface area contributed by atoms with Crippen LogP contribution in [0, 0.1) is 5.92 Å². The highest BCUT2D eigenvalue weighted by Gasteiger charge is 2.23. The molecule has 17 heavy (non-hydrogen) atoms. The molecule has 0 aromatic rings. The first-order valence-electron chi connectivity index (χ1n) is 6.68. The lowest BCUT2D eigenvalue weighted by molar-refractivity contribution is -0.131. The summed E-state index contributed by atoms with van der Waals surface area (Å²) in [6.07, 6.45) is 3.38. The number of rotatable bonds is 6. The molecule has 4 nitrogen and oxygen atoms in total. The zero-order chi connectivity index (χ0) is 12.8. The summed E-state index contributed by atoms with van der Waals surface area (Å²) in [7, 11) is 3.65. The molecule has 1 saturated heterocycles. The summed E-state index contributed by atoms with van der Waals surface area (Å²) in [5.41, 5.74) is 0. The lowest BCUT2D eigenvalue weighted by atomic mass is 10.0. The molecule has 0 bridgehead atoms. The number of amides is 1. The molecule has 0 saturated carbocycles. The molecule has 0 aromatic heterocycles. The van der Waals surface area contributed by atoms with Crippen LogP contribution in [0.5, 0.6) is 0 Å². The predicted molar refractivity (Wildman–Crippen MR) is 71.0 cm³/mol. The Morgan fingerprint density at radius 3 is 2.65 bits per heavy atom. The van der Waals surface area contributed by atoms with Crippen LogP contribution in [-0.2, 0) is 4.79 Å². The van der Waals surface area contributed by atoms with E-state index in [1.807, 2.05) is 14.1 Å². The van der Waals surface area contributed by atoms with E-state index in [9.17, 15) is 4.79 Å². The van der Waals surface area contributed by atoms with Crippen molar-refractivity contribution in [3.05, 3.63) is 0 Å². The summed E-state index contributed by atoms with van der Waals surface area (Å²) in [6.45, 7) is 6.33. The molecule has 100 valence electrons. The Bertz CT molecular complexity index is 235. The third-order valence-electron chi connectivity index (χ3n) is 3.22. The van der Waals surface area contributed by atoms with Crippen molar-refractivity contribution in [2.24, 2.45) is 5.92 Å². The number of carbonyl (C=O) groups is 1. The minimum absolute atomic E-state index is 0.0348. The SMILES string of the molecule is CC(C)CC(NCC1CCCN1)C(=O)N(C)C. The van der Waals surface area contributed by atoms with E-state index in [-0.39, 0.29) is 11.9 Å². The van der Waals surface area contributed by atoms with Crippen LogP contribution in [0.3, 0.4) is 0 Å². The molecule has 0 aliphatic carbocycles. The Morgan fingerprint density at radius 2 is 2.18 bits per heavy atom. The highest BCUT2D eigenvalue weighted by Crippen LogP contribution is 2.09. The van der Waals surface area contributed by atoms with Gasteiger partial charge in [-0.15, -0.1) is 0 Å². The van der Waals surface area contributed by atoms with Gasteiger partial charge in [0.05, 0.1) is 6.04 Å². The smallest absolute Gasteiger partial charge is 0.239 e. The second kappa shape index (κ2) is 6.97. The average Bonchev–Trinajstić information content (AvgIpc) is 2.75. The fourth-order valence-corrected chi connectivity index (χ4v) is 2.27. The lowest BCUT2D eigenvalue weighted by Crippen LogP contribution is -2.48. The van der Waals surface area contributed by atoms with E-state index in [0.29, 0.717) is 12.0 Å². The molecule has 0 spiro atoms. The molecule has 1 heterocycles. The second-order valence-electron chi connectivity index (χ2n) is 5.62. The maximum atomic E-state index is 12.0. The minimum Gasteiger partial charge on any atom is -0.347 e. The molecular weight excluding hydrogens is 214 g/mol. The van der Waals surface area contributed by atoms with Crippen molar-refractivity contribution in [3.8, 4) is 0 Å². The van der Waals surface area contributed by atoms with Crippen molar-refractivity contribution in [2.75, 3.05) is 27.2 Å². The Balaban J connectivity index is 2.41. The molecule has 0 aromatic carbocycles. The minimum atomic E-state index is -0.0348. The molecule has 1 aliphatic rings. The van der Waals surface area contributed by atoms with Crippen molar-refractivity contribution in [1.29, 1.82) is 0 Å². The standard InChI is InChI=1S/C13H27N3O/c1-10(2)8-12(13(17)16(3)4)15-9-11-6-5-7-14-11/h10-12,14-15H,5-9H2,1-4H3. The van der Waals surface area contributed by atoms with Crippen molar-refractivity contribution >= 4 is 5.91 Å². The fourth-order valence-electron chi connectivity index (χ4n) is 2.27. The lowest BCUT2D eigenvalue weighted by Gasteiger charge is -2.24. The van der Waals surface area contributed by atoms with E-state index < -0.39 is 0 Å². The van der Waals surface area contributed by atoms with Crippen LogP contribution in [-0.4, -0.2) is 50.1 Å². The van der Waals surface area contributed by atoms with E-state index in [0.717, 1.165) is 19.5 Å². The first-order valence-corrected chi connectivity index (χ1v) is 6.68. The van der Waals surface area contributed by atoms with E-state index in [4.69, 9.17) is 0 Å². The van der Waals surface area contributed by atoms with Gasteiger partial charge in [0.1, 0.15) is 0 Å². The zero-order valence-electron chi connectivity index (χ0n) is 11.6. The van der Waals surface area contributed by atoms with Crippen molar-refractivity contribution < 1.29 is 4.79 Å². The maximum Gasteiger partial charge on any atom is 0.239 e. The van der Waals surface area contributed by atoms with Crippen LogP contribution < -0.4 is 10.6 Å². The number of nitrogens with one attached hydrogen (secondary N) is 2.